The summed E-state index contributed by atoms with van der Waals surface area (Å²) in [6, 6.07) is 14.9. The van der Waals surface area contributed by atoms with Crippen molar-refractivity contribution in [1.29, 1.82) is 0 Å². The summed E-state index contributed by atoms with van der Waals surface area (Å²) in [5, 5.41) is 10.5. The quantitative estimate of drug-likeness (QED) is 0.729. The summed E-state index contributed by atoms with van der Waals surface area (Å²) in [4.78, 5) is 17.5. The zero-order valence-corrected chi connectivity index (χ0v) is 15.9. The summed E-state index contributed by atoms with van der Waals surface area (Å²) >= 11 is 0. The maximum absolute atomic E-state index is 13.2. The van der Waals surface area contributed by atoms with Crippen molar-refractivity contribution in [2.24, 2.45) is 0 Å². The van der Waals surface area contributed by atoms with E-state index in [1.54, 1.807) is 11.8 Å². The highest BCUT2D eigenvalue weighted by molar-refractivity contribution is 6.06. The van der Waals surface area contributed by atoms with Gasteiger partial charge in [-0.2, -0.15) is 10.1 Å². The summed E-state index contributed by atoms with van der Waals surface area (Å²) in [7, 11) is 1.62. The van der Waals surface area contributed by atoms with Gasteiger partial charge in [0, 0.05) is 11.4 Å². The number of fused-ring (bicyclic) bond motifs is 1. The summed E-state index contributed by atoms with van der Waals surface area (Å²) in [6.45, 7) is 3.88. The predicted molar refractivity (Wildman–Crippen MR) is 107 cm³/mol. The topological polar surface area (TPSA) is 81.1 Å². The maximum Gasteiger partial charge on any atom is 0.255 e. The first-order valence-corrected chi connectivity index (χ1v) is 8.96. The van der Waals surface area contributed by atoms with E-state index in [0.29, 0.717) is 11.5 Å². The van der Waals surface area contributed by atoms with Crippen molar-refractivity contribution in [3.63, 3.8) is 0 Å². The molecule has 0 saturated heterocycles. The highest BCUT2D eigenvalue weighted by Gasteiger charge is 2.33. The molecule has 0 aliphatic carbocycles. The Morgan fingerprint density at radius 2 is 1.82 bits per heavy atom. The van der Waals surface area contributed by atoms with Gasteiger partial charge in [-0.1, -0.05) is 29.8 Å². The van der Waals surface area contributed by atoms with Gasteiger partial charge in [-0.15, -0.1) is 0 Å². The second-order valence-corrected chi connectivity index (χ2v) is 6.69. The predicted octanol–water partition coefficient (Wildman–Crippen LogP) is 3.52. The number of methoxy groups -OCH3 is 1. The van der Waals surface area contributed by atoms with Crippen LogP contribution in [0.25, 0.3) is 0 Å². The van der Waals surface area contributed by atoms with Crippen LogP contribution in [0, 0.1) is 6.92 Å². The zero-order valence-electron chi connectivity index (χ0n) is 15.9. The molecule has 2 N–H and O–H groups in total. The van der Waals surface area contributed by atoms with Crippen LogP contribution in [0.4, 0.5) is 11.6 Å². The molecule has 1 aromatic heterocycles. The number of benzene rings is 2. The fourth-order valence-electron chi connectivity index (χ4n) is 3.31. The molecule has 0 radical (unpaired) electrons. The number of nitrogens with one attached hydrogen (secondary N) is 2. The molecule has 0 saturated carbocycles. The van der Waals surface area contributed by atoms with E-state index in [-0.39, 0.29) is 5.91 Å². The lowest BCUT2D eigenvalue weighted by Gasteiger charge is -2.28. The van der Waals surface area contributed by atoms with Crippen molar-refractivity contribution in [2.45, 2.75) is 19.9 Å². The minimum atomic E-state index is -0.393. The van der Waals surface area contributed by atoms with E-state index in [1.807, 2.05) is 62.4 Å². The number of hydrogen-bond donors (Lipinski definition) is 2. The van der Waals surface area contributed by atoms with Crippen molar-refractivity contribution in [1.82, 2.24) is 14.8 Å². The fourth-order valence-corrected chi connectivity index (χ4v) is 3.31. The van der Waals surface area contributed by atoms with Gasteiger partial charge in [0.2, 0.25) is 5.95 Å². The third-order valence-electron chi connectivity index (χ3n) is 4.78. The van der Waals surface area contributed by atoms with Crippen LogP contribution in [0.1, 0.15) is 24.1 Å². The smallest absolute Gasteiger partial charge is 0.255 e. The van der Waals surface area contributed by atoms with E-state index in [0.717, 1.165) is 28.3 Å². The van der Waals surface area contributed by atoms with E-state index >= 15 is 0 Å². The van der Waals surface area contributed by atoms with Gasteiger partial charge in [-0.05, 0) is 43.7 Å². The lowest BCUT2D eigenvalue weighted by Crippen LogP contribution is -2.31. The van der Waals surface area contributed by atoms with Crippen LogP contribution in [-0.4, -0.2) is 27.8 Å². The highest BCUT2D eigenvalue weighted by Crippen LogP contribution is 2.35. The Hall–Kier alpha value is -3.61. The molecule has 0 unspecified atom stereocenters. The first-order chi connectivity index (χ1) is 13.6. The van der Waals surface area contributed by atoms with Crippen molar-refractivity contribution in [2.75, 3.05) is 17.7 Å². The number of nitrogens with zero attached hydrogens (tertiary/aromatic N) is 3. The van der Waals surface area contributed by atoms with Crippen LogP contribution >= 0.6 is 0 Å². The molecule has 0 spiro atoms. The fraction of sp³-hybridized carbons (Fsp3) is 0.190. The van der Waals surface area contributed by atoms with Crippen LogP contribution in [0.5, 0.6) is 5.75 Å². The SMILES string of the molecule is COc1ccc([C@@H]2C(C(=O)Nc3ccc(C)cc3)=C(C)Nc3ncnn32)cc1. The number of ether oxygens (including phenoxy) is 1. The van der Waals surface area contributed by atoms with Crippen LogP contribution in [0.15, 0.2) is 66.1 Å². The van der Waals surface area contributed by atoms with Gasteiger partial charge in [0.05, 0.1) is 12.7 Å². The van der Waals surface area contributed by atoms with E-state index in [4.69, 9.17) is 4.74 Å². The molecule has 2 aromatic carbocycles. The first kappa shape index (κ1) is 17.8. The normalized spacial score (nSPS) is 15.6. The summed E-state index contributed by atoms with van der Waals surface area (Å²) < 4.78 is 6.98. The zero-order chi connectivity index (χ0) is 19.7. The molecule has 1 amide bonds. The molecule has 1 aliphatic heterocycles. The number of carbonyl (C=O) groups excluding carboxylic acids is 1. The van der Waals surface area contributed by atoms with Crippen molar-refractivity contribution < 1.29 is 9.53 Å². The third-order valence-corrected chi connectivity index (χ3v) is 4.78. The molecule has 7 nitrogen and oxygen atoms in total. The van der Waals surface area contributed by atoms with Crippen molar-refractivity contribution in [3.05, 3.63) is 77.3 Å². The van der Waals surface area contributed by atoms with E-state index < -0.39 is 6.04 Å². The molecule has 3 aromatic rings. The number of aromatic nitrogens is 3. The van der Waals surface area contributed by atoms with Crippen LogP contribution < -0.4 is 15.4 Å². The number of allylic oxidation sites excluding steroid dienone is 1. The van der Waals surface area contributed by atoms with Gasteiger partial charge in [0.1, 0.15) is 18.1 Å². The lowest BCUT2D eigenvalue weighted by atomic mass is 9.95. The van der Waals surface area contributed by atoms with E-state index in [1.165, 1.54) is 6.33 Å². The Labute approximate surface area is 163 Å². The number of anilines is 2. The van der Waals surface area contributed by atoms with Gasteiger partial charge in [-0.25, -0.2) is 4.68 Å². The average molecular weight is 375 g/mol. The summed E-state index contributed by atoms with van der Waals surface area (Å²) in [5.41, 5.74) is 4.13. The lowest BCUT2D eigenvalue weighted by molar-refractivity contribution is -0.113. The van der Waals surface area contributed by atoms with Gasteiger partial charge in [0.15, 0.2) is 0 Å². The number of aryl methyl sites for hydroxylation is 1. The van der Waals surface area contributed by atoms with E-state index in [2.05, 4.69) is 20.7 Å². The Balaban J connectivity index is 1.73. The average Bonchev–Trinajstić information content (AvgIpc) is 3.16. The molecular formula is C21H21N5O2. The molecule has 1 atom stereocenters. The van der Waals surface area contributed by atoms with Crippen molar-refractivity contribution >= 4 is 17.5 Å². The van der Waals surface area contributed by atoms with Crippen LogP contribution in [-0.2, 0) is 4.79 Å². The number of hydrogen-bond acceptors (Lipinski definition) is 5. The first-order valence-electron chi connectivity index (χ1n) is 8.96. The molecular weight excluding hydrogens is 354 g/mol. The van der Waals surface area contributed by atoms with Crippen molar-refractivity contribution in [3.8, 4) is 5.75 Å². The minimum absolute atomic E-state index is 0.184. The number of carbonyl (C=O) groups is 1. The van der Waals surface area contributed by atoms with Gasteiger partial charge >= 0.3 is 0 Å². The number of rotatable bonds is 4. The Morgan fingerprint density at radius 1 is 1.11 bits per heavy atom. The maximum atomic E-state index is 13.2. The second-order valence-electron chi connectivity index (χ2n) is 6.69. The molecule has 2 heterocycles. The Bertz CT molecular complexity index is 1040. The second kappa shape index (κ2) is 7.19. The Morgan fingerprint density at radius 3 is 2.50 bits per heavy atom. The molecule has 7 heteroatoms. The highest BCUT2D eigenvalue weighted by atomic mass is 16.5. The third kappa shape index (κ3) is 3.22. The standard InChI is InChI=1S/C21H21N5O2/c1-13-4-8-16(9-5-13)25-20(27)18-14(2)24-21-22-12-23-26(21)19(18)15-6-10-17(28-3)11-7-15/h4-12,19H,1-3H3,(H,25,27)(H,22,23,24)/t19-/m1/s1. The minimum Gasteiger partial charge on any atom is -0.497 e. The van der Waals surface area contributed by atoms with Gasteiger partial charge in [0.25, 0.3) is 5.91 Å². The molecule has 0 fully saturated rings. The molecule has 4 rings (SSSR count). The van der Waals surface area contributed by atoms with Crippen LogP contribution in [0.3, 0.4) is 0 Å². The molecule has 0 bridgehead atoms. The monoisotopic (exact) mass is 375 g/mol. The van der Waals surface area contributed by atoms with Gasteiger partial charge < -0.3 is 15.4 Å². The Kier molecular flexibility index (Phi) is 4.57. The summed E-state index contributed by atoms with van der Waals surface area (Å²) in [6.07, 6.45) is 1.48. The number of amides is 1. The van der Waals surface area contributed by atoms with Gasteiger partial charge in [-0.3, -0.25) is 4.79 Å². The van der Waals surface area contributed by atoms with Crippen LogP contribution in [0.2, 0.25) is 0 Å². The van der Waals surface area contributed by atoms with E-state index in [9.17, 15) is 4.79 Å². The molecule has 1 aliphatic rings. The largest absolute Gasteiger partial charge is 0.497 e. The molecule has 28 heavy (non-hydrogen) atoms. The summed E-state index contributed by atoms with van der Waals surface area (Å²) in [5.74, 6) is 1.17. The molecule has 142 valence electrons.